The number of nitrogens with zero attached hydrogens (tertiary/aromatic N) is 3. The molecule has 0 amide bonds. The van der Waals surface area contributed by atoms with Crippen LogP contribution in [-0.4, -0.2) is 159 Å². The largest absolute Gasteiger partial charge is 0.459 e. The Morgan fingerprint density at radius 3 is 2.25 bits per heavy atom. The number of cyclic esters (lactones) is 1. The average molecular weight is 866 g/mol. The Hall–Kier alpha value is -1.89. The summed E-state index contributed by atoms with van der Waals surface area (Å²) in [5, 5.41) is 48.1. The van der Waals surface area contributed by atoms with Crippen LogP contribution in [0.5, 0.6) is 0 Å². The lowest BCUT2D eigenvalue weighted by atomic mass is 9.77. The molecule has 4 saturated heterocycles. The summed E-state index contributed by atoms with van der Waals surface area (Å²) in [6.45, 7) is 19.1. The van der Waals surface area contributed by atoms with Crippen LogP contribution in [-0.2, 0) is 39.8 Å². The molecule has 4 aliphatic heterocycles. The van der Waals surface area contributed by atoms with Crippen LogP contribution in [0.15, 0.2) is 35.3 Å². The molecule has 0 radical (unpaired) electrons. The number of aliphatic hydroxyl groups excluding tert-OH is 2. The minimum Gasteiger partial charge on any atom is -0.459 e. The van der Waals surface area contributed by atoms with Gasteiger partial charge in [0.25, 0.3) is 0 Å². The molecule has 0 aromatic heterocycles. The van der Waals surface area contributed by atoms with Gasteiger partial charge in [-0.05, 0) is 86.3 Å². The second-order valence-corrected chi connectivity index (χ2v) is 20.1. The van der Waals surface area contributed by atoms with E-state index in [1.54, 1.807) is 46.4 Å². The van der Waals surface area contributed by atoms with Crippen LogP contribution in [0.4, 0.5) is 0 Å². The molecule has 60 heavy (non-hydrogen) atoms. The van der Waals surface area contributed by atoms with E-state index < -0.39 is 89.9 Å². The van der Waals surface area contributed by atoms with E-state index in [-0.39, 0.29) is 42.6 Å². The van der Waals surface area contributed by atoms with Crippen molar-refractivity contribution in [3.8, 4) is 0 Å². The number of amidine groups is 1. The summed E-state index contributed by atoms with van der Waals surface area (Å²) >= 11 is 1.62. The van der Waals surface area contributed by atoms with Gasteiger partial charge in [-0.1, -0.05) is 62.9 Å². The number of carbonyl (C=O) groups excluding carboxylic acids is 1. The molecule has 18 atom stereocenters. The summed E-state index contributed by atoms with van der Waals surface area (Å²) in [5.74, 6) is -2.42. The summed E-state index contributed by atoms with van der Waals surface area (Å²) < 4.78 is 38.9. The Kier molecular flexibility index (Phi) is 16.3. The normalized spacial score (nSPS) is 46.1. The van der Waals surface area contributed by atoms with Crippen molar-refractivity contribution in [2.75, 3.05) is 27.7 Å². The first-order valence-corrected chi connectivity index (χ1v) is 22.8. The number of carbonyl (C=O) groups is 1. The quantitative estimate of drug-likeness (QED) is 0.268. The number of hydrogen-bond donors (Lipinski definition) is 4. The van der Waals surface area contributed by atoms with Gasteiger partial charge >= 0.3 is 5.97 Å². The maximum Gasteiger partial charge on any atom is 0.311 e. The van der Waals surface area contributed by atoms with Gasteiger partial charge in [-0.15, -0.1) is 0 Å². The summed E-state index contributed by atoms with van der Waals surface area (Å²) in [7, 11) is 5.47. The fourth-order valence-electron chi connectivity index (χ4n) is 9.96. The maximum absolute atomic E-state index is 14.4. The van der Waals surface area contributed by atoms with Gasteiger partial charge in [0.1, 0.15) is 23.9 Å². The zero-order valence-electron chi connectivity index (χ0n) is 38.2. The molecule has 4 fully saturated rings. The Balaban J connectivity index is 1.56. The second kappa shape index (κ2) is 19.9. The molecule has 0 aliphatic carbocycles. The van der Waals surface area contributed by atoms with Crippen molar-refractivity contribution in [2.24, 2.45) is 22.7 Å². The number of benzene rings is 1. The molecule has 1 aromatic carbocycles. The van der Waals surface area contributed by atoms with Crippen LogP contribution in [0.25, 0.3) is 0 Å². The molecule has 0 spiro atoms. The molecular weight excluding hydrogens is 791 g/mol. The van der Waals surface area contributed by atoms with Gasteiger partial charge in [0.2, 0.25) is 0 Å². The number of likely N-dealkylation sites (N-methyl/N-ethyl adjacent to an activating group) is 1. The van der Waals surface area contributed by atoms with E-state index in [4.69, 9.17) is 33.4 Å². The zero-order chi connectivity index (χ0) is 44.5. The van der Waals surface area contributed by atoms with E-state index in [1.807, 2.05) is 57.8 Å². The summed E-state index contributed by atoms with van der Waals surface area (Å²) in [4.78, 5) is 23.6. The lowest BCUT2D eigenvalue weighted by molar-refractivity contribution is -0.307. The SMILES string of the molecule is CCC1OC(=O)[C@H](C)[C@@H](O[C@H]2C[C@@](C)(OC)[C@@H](O)[C@H](C)O2)[C@@H](C)[C@@H](O[C@@H]2O[C@H](C)C[C@H]3[C@H]2SC(=NCc2ccccc2)N3C)[C@](C)(O)C[C@@H](C)CN(C)[C@H](C)[C@@H](O)[C@]1(C)O. The van der Waals surface area contributed by atoms with Crippen molar-refractivity contribution in [1.29, 1.82) is 0 Å². The molecular formula is C45H75N3O11S. The Bertz CT molecular complexity index is 1590. The Labute approximate surface area is 362 Å². The van der Waals surface area contributed by atoms with Crippen LogP contribution in [0.2, 0.25) is 0 Å². The number of aliphatic imine (C=N–C) groups is 1. The monoisotopic (exact) mass is 866 g/mol. The van der Waals surface area contributed by atoms with Crippen molar-refractivity contribution in [3.63, 3.8) is 0 Å². The van der Waals surface area contributed by atoms with Gasteiger partial charge in [0.05, 0.1) is 59.4 Å². The molecule has 14 nitrogen and oxygen atoms in total. The first-order valence-electron chi connectivity index (χ1n) is 21.9. The number of fused-ring (bicyclic) bond motifs is 1. The van der Waals surface area contributed by atoms with E-state index in [0.717, 1.165) is 17.2 Å². The van der Waals surface area contributed by atoms with Gasteiger partial charge in [0, 0.05) is 39.1 Å². The zero-order valence-corrected chi connectivity index (χ0v) is 39.0. The standard InChI is InChI=1S/C45H75N3O11S/c1-14-33-45(10,53)37(49)29(6)47(11)24-25(2)21-43(8,52)39(27(4)35(28(5)40(51)57-33)58-34-22-44(9,54-13)38(50)30(7)56-34)59-41-36-32(20-26(3)55-41)48(12)42(60-36)46-23-31-18-16-15-17-19-31/h15-19,25-30,32-39,41,49-50,52-53H,14,20-24H2,1-13H3/t25-,26-,27-,28-,29-,30+,32+,33?,34+,35+,36-,37-,38+,39-,41+,43-,44-,45-/m1/s1. The van der Waals surface area contributed by atoms with Crippen LogP contribution < -0.4 is 0 Å². The average Bonchev–Trinajstić information content (AvgIpc) is 3.51. The third-order valence-corrected chi connectivity index (χ3v) is 15.2. The summed E-state index contributed by atoms with van der Waals surface area (Å²) in [5.41, 5.74) is -3.19. The predicted molar refractivity (Wildman–Crippen MR) is 231 cm³/mol. The minimum absolute atomic E-state index is 0.0521. The molecule has 342 valence electrons. The van der Waals surface area contributed by atoms with Gasteiger partial charge in [-0.25, -0.2) is 0 Å². The predicted octanol–water partition coefficient (Wildman–Crippen LogP) is 4.58. The van der Waals surface area contributed by atoms with Crippen LogP contribution in [0.1, 0.15) is 100 Å². The van der Waals surface area contributed by atoms with Crippen LogP contribution in [0, 0.1) is 17.8 Å². The number of rotatable bonds is 8. The van der Waals surface area contributed by atoms with Gasteiger partial charge in [0.15, 0.2) is 17.7 Å². The van der Waals surface area contributed by atoms with Crippen molar-refractivity contribution >= 4 is 22.9 Å². The van der Waals surface area contributed by atoms with Gasteiger partial charge < -0.3 is 58.6 Å². The maximum atomic E-state index is 14.4. The molecule has 4 aliphatic rings. The highest BCUT2D eigenvalue weighted by Crippen LogP contribution is 2.44. The Morgan fingerprint density at radius 1 is 0.950 bits per heavy atom. The Morgan fingerprint density at radius 2 is 1.62 bits per heavy atom. The molecule has 15 heteroatoms. The van der Waals surface area contributed by atoms with Crippen molar-refractivity contribution in [1.82, 2.24) is 9.80 Å². The van der Waals surface area contributed by atoms with Crippen molar-refractivity contribution in [2.45, 2.75) is 191 Å². The number of esters is 1. The molecule has 4 N–H and O–H groups in total. The molecule has 1 unspecified atom stereocenters. The highest BCUT2D eigenvalue weighted by Gasteiger charge is 2.54. The van der Waals surface area contributed by atoms with E-state index in [1.165, 1.54) is 14.0 Å². The lowest BCUT2D eigenvalue weighted by Crippen LogP contribution is -2.59. The van der Waals surface area contributed by atoms with Gasteiger partial charge in [-0.2, -0.15) is 0 Å². The van der Waals surface area contributed by atoms with E-state index >= 15 is 0 Å². The van der Waals surface area contributed by atoms with Crippen molar-refractivity contribution in [3.05, 3.63) is 35.9 Å². The van der Waals surface area contributed by atoms with E-state index in [2.05, 4.69) is 24.1 Å². The number of hydrogen-bond acceptors (Lipinski definition) is 14. The van der Waals surface area contributed by atoms with Gasteiger partial charge in [-0.3, -0.25) is 9.79 Å². The topological polar surface area (TPSA) is 172 Å². The van der Waals surface area contributed by atoms with E-state index in [0.29, 0.717) is 13.1 Å². The highest BCUT2D eigenvalue weighted by molar-refractivity contribution is 8.14. The molecule has 0 bridgehead atoms. The number of ether oxygens (including phenoxy) is 6. The van der Waals surface area contributed by atoms with Crippen LogP contribution in [0.3, 0.4) is 0 Å². The van der Waals surface area contributed by atoms with Crippen LogP contribution >= 0.6 is 11.8 Å². The third-order valence-electron chi connectivity index (χ3n) is 13.8. The first kappa shape index (κ1) is 49.1. The number of thioether (sulfide) groups is 1. The third kappa shape index (κ3) is 10.7. The smallest absolute Gasteiger partial charge is 0.311 e. The summed E-state index contributed by atoms with van der Waals surface area (Å²) in [6, 6.07) is 9.65. The lowest BCUT2D eigenvalue weighted by Gasteiger charge is -2.48. The minimum atomic E-state index is -1.79. The fourth-order valence-corrected chi connectivity index (χ4v) is 11.3. The highest BCUT2D eigenvalue weighted by atomic mass is 32.2. The summed E-state index contributed by atoms with van der Waals surface area (Å²) in [6.07, 6.45) is -6.23. The second-order valence-electron chi connectivity index (χ2n) is 19.0. The molecule has 1 aromatic rings. The van der Waals surface area contributed by atoms with E-state index in [9.17, 15) is 25.2 Å². The number of methoxy groups -OCH3 is 1. The van der Waals surface area contributed by atoms with Crippen molar-refractivity contribution < 1.29 is 53.6 Å². The molecule has 0 saturated carbocycles. The fraction of sp³-hybridized carbons (Fsp3) is 0.822. The molecule has 5 rings (SSSR count). The first-order chi connectivity index (χ1) is 28.0. The number of aliphatic hydroxyl groups is 4. The molecule has 4 heterocycles.